The number of carbonyl (C=O) groups is 2. The average molecular weight is 474 g/mol. The van der Waals surface area contributed by atoms with E-state index in [1.807, 2.05) is 6.92 Å². The molecule has 0 spiro atoms. The van der Waals surface area contributed by atoms with Crippen LogP contribution < -0.4 is 10.6 Å². The predicted molar refractivity (Wildman–Crippen MR) is 122 cm³/mol. The molecule has 8 nitrogen and oxygen atoms in total. The Balaban J connectivity index is 1.36. The molecule has 1 aliphatic carbocycles. The maximum Gasteiger partial charge on any atom is 0.256 e. The summed E-state index contributed by atoms with van der Waals surface area (Å²) in [7, 11) is 0. The SMILES string of the molecule is Cc1c([C@@H](C)O)cnc2c(C(=O)NC3CCC(C(=O)Nc4ccc(F)cc4Cl)CC3)cnn12. The zero-order chi connectivity index (χ0) is 23.7. The number of rotatable bonds is 5. The predicted octanol–water partition coefficient (Wildman–Crippen LogP) is 3.81. The molecule has 4 rings (SSSR count). The first-order chi connectivity index (χ1) is 15.7. The molecule has 1 saturated carbocycles. The summed E-state index contributed by atoms with van der Waals surface area (Å²) in [5.74, 6) is -1.11. The summed E-state index contributed by atoms with van der Waals surface area (Å²) >= 11 is 5.99. The third-order valence-corrected chi connectivity index (χ3v) is 6.43. The first-order valence-electron chi connectivity index (χ1n) is 10.8. The molecule has 2 amide bonds. The van der Waals surface area contributed by atoms with Crippen LogP contribution in [-0.4, -0.2) is 37.6 Å². The minimum Gasteiger partial charge on any atom is -0.389 e. The van der Waals surface area contributed by atoms with E-state index in [4.69, 9.17) is 11.6 Å². The summed E-state index contributed by atoms with van der Waals surface area (Å²) in [6.07, 6.45) is 4.87. The van der Waals surface area contributed by atoms with Crippen LogP contribution in [0.15, 0.2) is 30.6 Å². The summed E-state index contributed by atoms with van der Waals surface area (Å²) in [4.78, 5) is 29.8. The Morgan fingerprint density at radius 3 is 2.64 bits per heavy atom. The molecule has 2 heterocycles. The van der Waals surface area contributed by atoms with E-state index in [1.54, 1.807) is 17.6 Å². The van der Waals surface area contributed by atoms with Gasteiger partial charge in [-0.25, -0.2) is 13.9 Å². The van der Waals surface area contributed by atoms with E-state index in [1.165, 1.54) is 18.3 Å². The summed E-state index contributed by atoms with van der Waals surface area (Å²) in [5.41, 5.74) is 2.55. The molecule has 1 fully saturated rings. The Morgan fingerprint density at radius 2 is 1.97 bits per heavy atom. The van der Waals surface area contributed by atoms with E-state index in [9.17, 15) is 19.1 Å². The molecule has 2 aromatic heterocycles. The van der Waals surface area contributed by atoms with Gasteiger partial charge in [0.15, 0.2) is 5.65 Å². The maximum absolute atomic E-state index is 13.2. The molecule has 0 aliphatic heterocycles. The zero-order valence-electron chi connectivity index (χ0n) is 18.3. The Hall–Kier alpha value is -3.04. The smallest absolute Gasteiger partial charge is 0.256 e. The highest BCUT2D eigenvalue weighted by Crippen LogP contribution is 2.28. The van der Waals surface area contributed by atoms with Gasteiger partial charge in [0.25, 0.3) is 5.91 Å². The van der Waals surface area contributed by atoms with E-state index in [-0.39, 0.29) is 28.8 Å². The van der Waals surface area contributed by atoms with Crippen molar-refractivity contribution in [3.05, 3.63) is 58.3 Å². The number of aromatic nitrogens is 3. The highest BCUT2D eigenvalue weighted by atomic mass is 35.5. The van der Waals surface area contributed by atoms with Crippen LogP contribution >= 0.6 is 11.6 Å². The van der Waals surface area contributed by atoms with Crippen LogP contribution in [0.1, 0.15) is 60.3 Å². The molecule has 0 radical (unpaired) electrons. The van der Waals surface area contributed by atoms with Gasteiger partial charge in [-0.05, 0) is 57.7 Å². The first kappa shape index (κ1) is 23.1. The van der Waals surface area contributed by atoms with Crippen molar-refractivity contribution in [2.75, 3.05) is 5.32 Å². The molecule has 10 heteroatoms. The highest BCUT2D eigenvalue weighted by molar-refractivity contribution is 6.33. The molecule has 33 heavy (non-hydrogen) atoms. The number of aryl methyl sites for hydroxylation is 1. The van der Waals surface area contributed by atoms with Gasteiger partial charge in [-0.15, -0.1) is 0 Å². The van der Waals surface area contributed by atoms with Crippen LogP contribution in [-0.2, 0) is 4.79 Å². The van der Waals surface area contributed by atoms with Gasteiger partial charge in [0.05, 0.1) is 23.0 Å². The number of aliphatic hydroxyl groups excluding tert-OH is 1. The second-order valence-electron chi connectivity index (χ2n) is 8.40. The van der Waals surface area contributed by atoms with Crippen molar-refractivity contribution in [2.45, 2.75) is 51.7 Å². The van der Waals surface area contributed by atoms with Gasteiger partial charge in [0.2, 0.25) is 5.91 Å². The second kappa shape index (κ2) is 9.44. The molecular formula is C23H25ClFN5O3. The van der Waals surface area contributed by atoms with Crippen LogP contribution in [0.2, 0.25) is 5.02 Å². The number of halogens is 2. The summed E-state index contributed by atoms with van der Waals surface area (Å²) in [5, 5.41) is 20.0. The summed E-state index contributed by atoms with van der Waals surface area (Å²) < 4.78 is 14.7. The van der Waals surface area contributed by atoms with Crippen molar-refractivity contribution in [2.24, 2.45) is 5.92 Å². The highest BCUT2D eigenvalue weighted by Gasteiger charge is 2.28. The van der Waals surface area contributed by atoms with Gasteiger partial charge in [-0.3, -0.25) is 9.59 Å². The number of anilines is 1. The first-order valence-corrected chi connectivity index (χ1v) is 11.2. The van der Waals surface area contributed by atoms with Gasteiger partial charge < -0.3 is 15.7 Å². The topological polar surface area (TPSA) is 109 Å². The van der Waals surface area contributed by atoms with E-state index >= 15 is 0 Å². The normalized spacial score (nSPS) is 19.3. The van der Waals surface area contributed by atoms with Crippen molar-refractivity contribution >= 4 is 34.7 Å². The minimum absolute atomic E-state index is 0.0660. The Bertz CT molecular complexity index is 1200. The lowest BCUT2D eigenvalue weighted by Gasteiger charge is -2.28. The number of carbonyl (C=O) groups excluding carboxylic acids is 2. The molecule has 3 N–H and O–H groups in total. The van der Waals surface area contributed by atoms with Crippen LogP contribution in [0, 0.1) is 18.7 Å². The van der Waals surface area contributed by atoms with E-state index < -0.39 is 11.9 Å². The fraction of sp³-hybridized carbons (Fsp3) is 0.391. The number of aliphatic hydroxyl groups is 1. The number of nitrogens with one attached hydrogen (secondary N) is 2. The second-order valence-corrected chi connectivity index (χ2v) is 8.81. The van der Waals surface area contributed by atoms with Crippen molar-refractivity contribution in [3.8, 4) is 0 Å². The molecule has 1 aliphatic rings. The molecule has 174 valence electrons. The largest absolute Gasteiger partial charge is 0.389 e. The molecular weight excluding hydrogens is 449 g/mol. The Labute approximate surface area is 195 Å². The fourth-order valence-electron chi connectivity index (χ4n) is 4.22. The molecule has 1 atom stereocenters. The molecule has 3 aromatic rings. The van der Waals surface area contributed by atoms with Gasteiger partial charge in [-0.2, -0.15) is 5.10 Å². The third-order valence-electron chi connectivity index (χ3n) is 6.12. The zero-order valence-corrected chi connectivity index (χ0v) is 19.1. The Morgan fingerprint density at radius 1 is 1.24 bits per heavy atom. The van der Waals surface area contributed by atoms with Crippen molar-refractivity contribution < 1.29 is 19.1 Å². The lowest BCUT2D eigenvalue weighted by molar-refractivity contribution is -0.120. The van der Waals surface area contributed by atoms with Crippen LogP contribution in [0.25, 0.3) is 5.65 Å². The van der Waals surface area contributed by atoms with Crippen molar-refractivity contribution in [1.82, 2.24) is 19.9 Å². The summed E-state index contributed by atoms with van der Waals surface area (Å²) in [6.45, 7) is 3.47. The molecule has 1 aromatic carbocycles. The van der Waals surface area contributed by atoms with Crippen molar-refractivity contribution in [3.63, 3.8) is 0 Å². The Kier molecular flexibility index (Phi) is 6.62. The van der Waals surface area contributed by atoms with Crippen LogP contribution in [0.5, 0.6) is 0 Å². The standard InChI is InChI=1S/C23H25ClFN5O3/c1-12-17(13(2)31)10-26-21-18(11-27-30(12)21)23(33)28-16-6-3-14(4-7-16)22(32)29-20-8-5-15(25)9-19(20)24/h5,8-11,13-14,16,31H,3-4,6-7H2,1-2H3,(H,28,33)(H,29,32)/t13-,14?,16?/m1/s1. The van der Waals surface area contributed by atoms with Gasteiger partial charge in [0.1, 0.15) is 11.4 Å². The fourth-order valence-corrected chi connectivity index (χ4v) is 4.43. The number of benzene rings is 1. The monoisotopic (exact) mass is 473 g/mol. The third kappa shape index (κ3) is 4.84. The lowest BCUT2D eigenvalue weighted by Crippen LogP contribution is -2.39. The minimum atomic E-state index is -0.685. The average Bonchev–Trinajstić information content (AvgIpc) is 3.21. The van der Waals surface area contributed by atoms with E-state index in [2.05, 4.69) is 20.7 Å². The van der Waals surface area contributed by atoms with Crippen molar-refractivity contribution in [1.29, 1.82) is 0 Å². The summed E-state index contributed by atoms with van der Waals surface area (Å²) in [6, 6.07) is 3.78. The number of amides is 2. The number of nitrogens with zero attached hydrogens (tertiary/aromatic N) is 3. The van der Waals surface area contributed by atoms with Gasteiger partial charge >= 0.3 is 0 Å². The molecule has 0 saturated heterocycles. The number of fused-ring (bicyclic) bond motifs is 1. The lowest BCUT2D eigenvalue weighted by atomic mass is 9.85. The number of hydrogen-bond donors (Lipinski definition) is 3. The number of hydrogen-bond acceptors (Lipinski definition) is 5. The molecule has 0 unspecified atom stereocenters. The van der Waals surface area contributed by atoms with E-state index in [0.717, 1.165) is 11.8 Å². The van der Waals surface area contributed by atoms with Crippen LogP contribution in [0.4, 0.5) is 10.1 Å². The van der Waals surface area contributed by atoms with Gasteiger partial charge in [-0.1, -0.05) is 11.6 Å². The molecule has 0 bridgehead atoms. The van der Waals surface area contributed by atoms with Crippen LogP contribution in [0.3, 0.4) is 0 Å². The van der Waals surface area contributed by atoms with E-state index in [0.29, 0.717) is 48.1 Å². The van der Waals surface area contributed by atoms with Gasteiger partial charge in [0, 0.05) is 29.4 Å². The maximum atomic E-state index is 13.2. The quantitative estimate of drug-likeness (QED) is 0.522.